The Bertz CT molecular complexity index is 871. The highest BCUT2D eigenvalue weighted by molar-refractivity contribution is 7.86. The number of fused-ring (bicyclic) bond motifs is 3. The van der Waals surface area contributed by atoms with Crippen LogP contribution >= 0.6 is 0 Å². The highest BCUT2D eigenvalue weighted by Crippen LogP contribution is 2.64. The molecule has 25 heavy (non-hydrogen) atoms. The van der Waals surface area contributed by atoms with Crippen LogP contribution in [0.4, 0.5) is 0 Å². The summed E-state index contributed by atoms with van der Waals surface area (Å²) < 4.78 is 35.7. The van der Waals surface area contributed by atoms with Gasteiger partial charge in [-0.1, -0.05) is 32.0 Å². The molecule has 3 unspecified atom stereocenters. The topological polar surface area (TPSA) is 86.7 Å². The predicted molar refractivity (Wildman–Crippen MR) is 88.0 cm³/mol. The van der Waals surface area contributed by atoms with Crippen molar-refractivity contribution in [2.45, 2.75) is 39.4 Å². The summed E-state index contributed by atoms with van der Waals surface area (Å²) in [6.07, 6.45) is 0.578. The van der Waals surface area contributed by atoms with Crippen LogP contribution in [0.3, 0.4) is 0 Å². The summed E-state index contributed by atoms with van der Waals surface area (Å²) >= 11 is 0. The van der Waals surface area contributed by atoms with Crippen LogP contribution in [-0.4, -0.2) is 25.9 Å². The maximum Gasteiger partial charge on any atom is 0.341 e. The zero-order chi connectivity index (χ0) is 18.0. The van der Waals surface area contributed by atoms with Gasteiger partial charge in [-0.2, -0.15) is 8.42 Å². The first-order valence-corrected chi connectivity index (χ1v) is 9.98. The second-order valence-electron chi connectivity index (χ2n) is 7.79. The number of Topliss-reactive ketones (excluding diaryl/α,β-unsaturated/α-hetero) is 1. The Morgan fingerprint density at radius 2 is 1.96 bits per heavy atom. The summed E-state index contributed by atoms with van der Waals surface area (Å²) in [5.74, 6) is -0.740. The van der Waals surface area contributed by atoms with Gasteiger partial charge in [0.2, 0.25) is 6.29 Å². The van der Waals surface area contributed by atoms with Crippen molar-refractivity contribution in [3.05, 3.63) is 35.4 Å². The lowest BCUT2D eigenvalue weighted by atomic mass is 9.70. The van der Waals surface area contributed by atoms with Crippen molar-refractivity contribution in [3.63, 3.8) is 0 Å². The van der Waals surface area contributed by atoms with Crippen molar-refractivity contribution in [1.82, 2.24) is 0 Å². The number of hydrogen-bond donors (Lipinski definition) is 0. The summed E-state index contributed by atoms with van der Waals surface area (Å²) in [4.78, 5) is 24.4. The van der Waals surface area contributed by atoms with E-state index in [0.717, 1.165) is 6.42 Å². The van der Waals surface area contributed by atoms with Crippen LogP contribution in [0.15, 0.2) is 24.3 Å². The van der Waals surface area contributed by atoms with Crippen molar-refractivity contribution in [2.24, 2.45) is 16.7 Å². The molecular weight excluding hydrogens is 344 g/mol. The first kappa shape index (κ1) is 16.7. The standard InChI is InChI=1S/C18H20O6S/c1-17(2)11-7-8-18(17,14(19)9-11)10-25(21,22)24-16-13-6-4-3-5-12(13)15(20)23-16/h3-6,11,16H,7-10H2,1-2H3. The lowest BCUT2D eigenvalue weighted by molar-refractivity contribution is -0.128. The third kappa shape index (κ3) is 2.29. The van der Waals surface area contributed by atoms with Crippen molar-refractivity contribution in [2.75, 3.05) is 5.75 Å². The molecule has 1 aromatic carbocycles. The first-order valence-electron chi connectivity index (χ1n) is 8.40. The highest BCUT2D eigenvalue weighted by atomic mass is 32.2. The smallest absolute Gasteiger partial charge is 0.341 e. The van der Waals surface area contributed by atoms with Crippen LogP contribution in [0.5, 0.6) is 0 Å². The number of hydrogen-bond acceptors (Lipinski definition) is 6. The molecule has 0 N–H and O–H groups in total. The summed E-state index contributed by atoms with van der Waals surface area (Å²) in [6.45, 7) is 3.94. The number of cyclic esters (lactones) is 1. The van der Waals surface area contributed by atoms with E-state index in [1.54, 1.807) is 24.3 Å². The van der Waals surface area contributed by atoms with Crippen molar-refractivity contribution in [1.29, 1.82) is 0 Å². The van der Waals surface area contributed by atoms with Crippen LogP contribution < -0.4 is 0 Å². The molecule has 134 valence electrons. The second-order valence-corrected chi connectivity index (χ2v) is 9.39. The van der Waals surface area contributed by atoms with E-state index in [1.165, 1.54) is 0 Å². The number of ketones is 1. The fraction of sp³-hybridized carbons (Fsp3) is 0.556. The third-order valence-corrected chi connectivity index (χ3v) is 7.76. The molecule has 0 spiro atoms. The molecule has 1 aromatic rings. The maximum atomic E-state index is 12.7. The van der Waals surface area contributed by atoms with Crippen molar-refractivity contribution in [3.8, 4) is 0 Å². The molecule has 0 amide bonds. The summed E-state index contributed by atoms with van der Waals surface area (Å²) in [5, 5.41) is 0. The highest BCUT2D eigenvalue weighted by Gasteiger charge is 2.65. The Hall–Kier alpha value is -1.73. The Balaban J connectivity index is 1.60. The molecule has 3 atom stereocenters. The number of rotatable bonds is 4. The average molecular weight is 364 g/mol. The van der Waals surface area contributed by atoms with E-state index in [-0.39, 0.29) is 22.9 Å². The summed E-state index contributed by atoms with van der Waals surface area (Å²) in [7, 11) is -4.06. The van der Waals surface area contributed by atoms with Gasteiger partial charge in [0, 0.05) is 12.0 Å². The Morgan fingerprint density at radius 1 is 1.24 bits per heavy atom. The zero-order valence-corrected chi connectivity index (χ0v) is 15.0. The number of carbonyl (C=O) groups excluding carboxylic acids is 2. The van der Waals surface area contributed by atoms with Gasteiger partial charge in [0.25, 0.3) is 10.1 Å². The molecule has 0 saturated heterocycles. The van der Waals surface area contributed by atoms with Crippen LogP contribution in [0.25, 0.3) is 0 Å². The lowest BCUT2D eigenvalue weighted by Gasteiger charge is -2.35. The van der Waals surface area contributed by atoms with Gasteiger partial charge in [0.05, 0.1) is 16.7 Å². The fourth-order valence-electron chi connectivity index (χ4n) is 4.76. The molecule has 2 fully saturated rings. The SMILES string of the molecule is CC1(C)C2CCC1(CS(=O)(=O)OC1OC(=O)c3ccccc31)C(=O)C2. The van der Waals surface area contributed by atoms with E-state index in [9.17, 15) is 18.0 Å². The van der Waals surface area contributed by atoms with Crippen molar-refractivity contribution < 1.29 is 26.9 Å². The van der Waals surface area contributed by atoms with Gasteiger partial charge in [-0.25, -0.2) is 8.98 Å². The Morgan fingerprint density at radius 3 is 2.60 bits per heavy atom. The van der Waals surface area contributed by atoms with Gasteiger partial charge in [-0.15, -0.1) is 0 Å². The molecule has 0 radical (unpaired) electrons. The largest absolute Gasteiger partial charge is 0.426 e. The number of ether oxygens (including phenoxy) is 1. The van der Waals surface area contributed by atoms with E-state index in [4.69, 9.17) is 8.92 Å². The third-order valence-electron chi connectivity index (χ3n) is 6.45. The van der Waals surface area contributed by atoms with Gasteiger partial charge in [0.15, 0.2) is 0 Å². The Labute approximate surface area is 146 Å². The molecule has 2 aliphatic carbocycles. The molecule has 1 aliphatic heterocycles. The van der Waals surface area contributed by atoms with E-state index >= 15 is 0 Å². The molecule has 1 heterocycles. The number of benzene rings is 1. The van der Waals surface area contributed by atoms with Gasteiger partial charge < -0.3 is 4.74 Å². The van der Waals surface area contributed by atoms with Gasteiger partial charge in [0.1, 0.15) is 5.78 Å². The summed E-state index contributed by atoms with van der Waals surface area (Å²) in [5.41, 5.74) is -0.572. The molecule has 7 heteroatoms. The minimum Gasteiger partial charge on any atom is -0.426 e. The maximum absolute atomic E-state index is 12.7. The van der Waals surface area contributed by atoms with Crippen LogP contribution in [-0.2, 0) is 23.8 Å². The Kier molecular flexibility index (Phi) is 3.44. The molecular formula is C18H20O6S. The van der Waals surface area contributed by atoms with E-state index in [1.807, 2.05) is 13.8 Å². The number of carbonyl (C=O) groups is 2. The second kappa shape index (κ2) is 5.14. The van der Waals surface area contributed by atoms with E-state index in [2.05, 4.69) is 0 Å². The average Bonchev–Trinajstić information content (AvgIpc) is 3.03. The van der Waals surface area contributed by atoms with Gasteiger partial charge >= 0.3 is 5.97 Å². The molecule has 4 rings (SSSR count). The fourth-order valence-corrected chi connectivity index (χ4v) is 6.52. The molecule has 0 aromatic heterocycles. The predicted octanol–water partition coefficient (Wildman–Crippen LogP) is 2.60. The lowest BCUT2D eigenvalue weighted by Crippen LogP contribution is -2.42. The molecule has 6 nitrogen and oxygen atoms in total. The van der Waals surface area contributed by atoms with Gasteiger partial charge in [-0.3, -0.25) is 4.79 Å². The van der Waals surface area contributed by atoms with Crippen LogP contribution in [0.2, 0.25) is 0 Å². The minimum atomic E-state index is -4.06. The number of esters is 1. The summed E-state index contributed by atoms with van der Waals surface area (Å²) in [6, 6.07) is 6.54. The van der Waals surface area contributed by atoms with Crippen molar-refractivity contribution >= 4 is 21.9 Å². The van der Waals surface area contributed by atoms with Gasteiger partial charge in [-0.05, 0) is 30.2 Å². The normalized spacial score (nSPS) is 32.7. The molecule has 2 bridgehead atoms. The minimum absolute atomic E-state index is 0.00439. The zero-order valence-electron chi connectivity index (χ0n) is 14.2. The first-order chi connectivity index (χ1) is 11.7. The van der Waals surface area contributed by atoms with E-state index in [0.29, 0.717) is 24.0 Å². The monoisotopic (exact) mass is 364 g/mol. The quantitative estimate of drug-likeness (QED) is 0.603. The molecule has 3 aliphatic rings. The van der Waals surface area contributed by atoms with E-state index < -0.39 is 27.8 Å². The van der Waals surface area contributed by atoms with Crippen LogP contribution in [0.1, 0.15) is 55.3 Å². The molecule has 2 saturated carbocycles. The van der Waals surface area contributed by atoms with Crippen LogP contribution in [0, 0.1) is 16.7 Å².